The summed E-state index contributed by atoms with van der Waals surface area (Å²) in [6, 6.07) is 1.76. The lowest BCUT2D eigenvalue weighted by molar-refractivity contribution is 0.112. The predicted molar refractivity (Wildman–Crippen MR) is 53.0 cm³/mol. The highest BCUT2D eigenvalue weighted by molar-refractivity contribution is 9.10. The number of hydrogen-bond acceptors (Lipinski definition) is 2. The number of pyridine rings is 1. The molecule has 4 heteroatoms. The molecule has 0 N–H and O–H groups in total. The first-order valence-corrected chi connectivity index (χ1v) is 4.60. The smallest absolute Gasteiger partial charge is 0.153 e. The fraction of sp³-hybridized carbons (Fsp3) is 0.111. The molecule has 13 heavy (non-hydrogen) atoms. The van der Waals surface area contributed by atoms with Gasteiger partial charge >= 0.3 is 0 Å². The number of nitrogens with zero attached hydrogens (tertiary/aromatic N) is 2. The molecule has 2 heterocycles. The maximum absolute atomic E-state index is 10.7. The van der Waals surface area contributed by atoms with Crippen LogP contribution in [0.15, 0.2) is 22.9 Å². The van der Waals surface area contributed by atoms with Crippen LogP contribution in [0.5, 0.6) is 0 Å². The molecule has 0 aliphatic rings. The summed E-state index contributed by atoms with van der Waals surface area (Å²) in [5.74, 6) is 0. The topological polar surface area (TPSA) is 34.4 Å². The van der Waals surface area contributed by atoms with Gasteiger partial charge in [-0.3, -0.25) is 4.79 Å². The van der Waals surface area contributed by atoms with E-state index in [0.29, 0.717) is 11.2 Å². The van der Waals surface area contributed by atoms with Gasteiger partial charge in [-0.15, -0.1) is 0 Å². The van der Waals surface area contributed by atoms with Gasteiger partial charge < -0.3 is 4.40 Å². The highest BCUT2D eigenvalue weighted by Gasteiger charge is 2.04. The summed E-state index contributed by atoms with van der Waals surface area (Å²) in [6.45, 7) is 1.90. The molecule has 2 rings (SSSR count). The maximum Gasteiger partial charge on any atom is 0.153 e. The minimum absolute atomic E-state index is 0.600. The number of aryl methyl sites for hydroxylation is 1. The zero-order valence-electron chi connectivity index (χ0n) is 6.99. The van der Waals surface area contributed by atoms with Gasteiger partial charge in [0.2, 0.25) is 0 Å². The summed E-state index contributed by atoms with van der Waals surface area (Å²) in [4.78, 5) is 14.9. The molecule has 0 amide bonds. The van der Waals surface area contributed by atoms with Crippen LogP contribution in [-0.4, -0.2) is 15.7 Å². The van der Waals surface area contributed by atoms with E-state index < -0.39 is 0 Å². The number of rotatable bonds is 1. The number of fused-ring (bicyclic) bond motifs is 1. The van der Waals surface area contributed by atoms with Crippen molar-refractivity contribution in [2.24, 2.45) is 0 Å². The van der Waals surface area contributed by atoms with Crippen molar-refractivity contribution in [3.8, 4) is 0 Å². The Bertz CT molecular complexity index is 476. The molecule has 0 unspecified atom stereocenters. The van der Waals surface area contributed by atoms with E-state index >= 15 is 0 Å². The fourth-order valence-corrected chi connectivity index (χ4v) is 1.77. The molecule has 0 saturated heterocycles. The molecule has 0 spiro atoms. The van der Waals surface area contributed by atoms with Gasteiger partial charge in [-0.25, -0.2) is 4.98 Å². The first-order chi connectivity index (χ1) is 6.20. The van der Waals surface area contributed by atoms with Crippen LogP contribution in [0.3, 0.4) is 0 Å². The summed E-state index contributed by atoms with van der Waals surface area (Å²) >= 11 is 3.33. The summed E-state index contributed by atoms with van der Waals surface area (Å²) in [6.07, 6.45) is 4.57. The van der Waals surface area contributed by atoms with Crippen LogP contribution >= 0.6 is 15.9 Å². The number of halogens is 1. The SMILES string of the molecule is Cc1cn2cc(Br)cc(C=O)c2n1. The number of carbonyl (C=O) groups is 1. The monoisotopic (exact) mass is 238 g/mol. The Hall–Kier alpha value is -1.16. The summed E-state index contributed by atoms with van der Waals surface area (Å²) in [5, 5.41) is 0. The van der Waals surface area contributed by atoms with E-state index in [1.54, 1.807) is 6.07 Å². The average molecular weight is 239 g/mol. The Kier molecular flexibility index (Phi) is 1.92. The third-order valence-electron chi connectivity index (χ3n) is 1.79. The van der Waals surface area contributed by atoms with Crippen LogP contribution < -0.4 is 0 Å². The van der Waals surface area contributed by atoms with Crippen LogP contribution in [-0.2, 0) is 0 Å². The largest absolute Gasteiger partial charge is 0.305 e. The van der Waals surface area contributed by atoms with Crippen LogP contribution in [0.2, 0.25) is 0 Å². The van der Waals surface area contributed by atoms with Gasteiger partial charge in [0, 0.05) is 16.9 Å². The van der Waals surface area contributed by atoms with E-state index in [2.05, 4.69) is 20.9 Å². The Morgan fingerprint density at radius 2 is 2.31 bits per heavy atom. The Morgan fingerprint density at radius 3 is 3.00 bits per heavy atom. The minimum Gasteiger partial charge on any atom is -0.305 e. The van der Waals surface area contributed by atoms with Crippen LogP contribution in [0.4, 0.5) is 0 Å². The summed E-state index contributed by atoms with van der Waals surface area (Å²) in [7, 11) is 0. The number of imidazole rings is 1. The van der Waals surface area contributed by atoms with Crippen molar-refractivity contribution in [3.05, 3.63) is 34.2 Å². The lowest BCUT2D eigenvalue weighted by Crippen LogP contribution is -1.90. The Balaban J connectivity index is 2.88. The molecule has 66 valence electrons. The van der Waals surface area contributed by atoms with Crippen LogP contribution in [0.1, 0.15) is 16.1 Å². The molecular formula is C9H7BrN2O. The van der Waals surface area contributed by atoms with Gasteiger partial charge in [-0.2, -0.15) is 0 Å². The molecule has 0 aliphatic heterocycles. The van der Waals surface area contributed by atoms with Crippen molar-refractivity contribution in [3.63, 3.8) is 0 Å². The second kappa shape index (κ2) is 2.96. The number of carbonyl (C=O) groups excluding carboxylic acids is 1. The van der Waals surface area contributed by atoms with E-state index in [1.165, 1.54) is 0 Å². The molecule has 0 bridgehead atoms. The third-order valence-corrected chi connectivity index (χ3v) is 2.23. The van der Waals surface area contributed by atoms with E-state index in [0.717, 1.165) is 16.5 Å². The molecule has 0 radical (unpaired) electrons. The summed E-state index contributed by atoms with van der Waals surface area (Å²) in [5.41, 5.74) is 2.21. The molecule has 0 atom stereocenters. The molecule has 0 aromatic carbocycles. The first kappa shape index (κ1) is 8.44. The molecule has 0 fully saturated rings. The normalized spacial score (nSPS) is 10.6. The quantitative estimate of drug-likeness (QED) is 0.715. The predicted octanol–water partition coefficient (Wildman–Crippen LogP) is 2.22. The van der Waals surface area contributed by atoms with Crippen LogP contribution in [0, 0.1) is 6.92 Å². The average Bonchev–Trinajstić information content (AvgIpc) is 2.43. The second-order valence-corrected chi connectivity index (χ2v) is 3.76. The van der Waals surface area contributed by atoms with Gasteiger partial charge in [0.15, 0.2) is 6.29 Å². The molecule has 0 aliphatic carbocycles. The lowest BCUT2D eigenvalue weighted by Gasteiger charge is -1.97. The lowest BCUT2D eigenvalue weighted by atomic mass is 10.3. The highest BCUT2D eigenvalue weighted by Crippen LogP contribution is 2.16. The van der Waals surface area contributed by atoms with E-state index in [-0.39, 0.29) is 0 Å². The van der Waals surface area contributed by atoms with Gasteiger partial charge in [0.1, 0.15) is 5.65 Å². The number of hydrogen-bond donors (Lipinski definition) is 0. The van der Waals surface area contributed by atoms with Gasteiger partial charge in [0.25, 0.3) is 0 Å². The van der Waals surface area contributed by atoms with Crippen molar-refractivity contribution in [2.45, 2.75) is 6.92 Å². The van der Waals surface area contributed by atoms with E-state index in [4.69, 9.17) is 0 Å². The summed E-state index contributed by atoms with van der Waals surface area (Å²) < 4.78 is 2.71. The van der Waals surface area contributed by atoms with E-state index in [1.807, 2.05) is 23.7 Å². The minimum atomic E-state index is 0.600. The Morgan fingerprint density at radius 1 is 1.54 bits per heavy atom. The second-order valence-electron chi connectivity index (χ2n) is 2.84. The van der Waals surface area contributed by atoms with Gasteiger partial charge in [0.05, 0.1) is 11.3 Å². The van der Waals surface area contributed by atoms with Crippen molar-refractivity contribution < 1.29 is 4.79 Å². The van der Waals surface area contributed by atoms with Crippen molar-refractivity contribution in [2.75, 3.05) is 0 Å². The third kappa shape index (κ3) is 1.37. The standard InChI is InChI=1S/C9H7BrN2O/c1-6-3-12-4-8(10)2-7(5-13)9(12)11-6/h2-5H,1H3. The van der Waals surface area contributed by atoms with E-state index in [9.17, 15) is 4.79 Å². The molecule has 3 nitrogen and oxygen atoms in total. The van der Waals surface area contributed by atoms with Crippen molar-refractivity contribution >= 4 is 27.9 Å². The van der Waals surface area contributed by atoms with Crippen molar-refractivity contribution in [1.29, 1.82) is 0 Å². The van der Waals surface area contributed by atoms with Crippen molar-refractivity contribution in [1.82, 2.24) is 9.38 Å². The zero-order chi connectivity index (χ0) is 9.42. The van der Waals surface area contributed by atoms with Crippen LogP contribution in [0.25, 0.3) is 5.65 Å². The molecular weight excluding hydrogens is 232 g/mol. The molecule has 0 saturated carbocycles. The maximum atomic E-state index is 10.7. The molecule has 2 aromatic heterocycles. The number of aromatic nitrogens is 2. The van der Waals surface area contributed by atoms with Gasteiger partial charge in [-0.05, 0) is 28.9 Å². The zero-order valence-corrected chi connectivity index (χ0v) is 8.58. The fourth-order valence-electron chi connectivity index (χ4n) is 1.30. The first-order valence-electron chi connectivity index (χ1n) is 3.81. The number of aldehydes is 1. The highest BCUT2D eigenvalue weighted by atomic mass is 79.9. The molecule has 2 aromatic rings. The van der Waals surface area contributed by atoms with Gasteiger partial charge in [-0.1, -0.05) is 0 Å². The Labute approximate surface area is 83.5 Å².